The summed E-state index contributed by atoms with van der Waals surface area (Å²) in [6, 6.07) is 32.2. The first-order valence-electron chi connectivity index (χ1n) is 20.5. The van der Waals surface area contributed by atoms with Crippen molar-refractivity contribution >= 4 is 53.8 Å². The highest BCUT2D eigenvalue weighted by atomic mass is 16.5. The Morgan fingerprint density at radius 1 is 0.741 bits per heavy atom. The highest BCUT2D eigenvalue weighted by molar-refractivity contribution is 6.23. The Morgan fingerprint density at radius 3 is 2.02 bits per heavy atom. The van der Waals surface area contributed by atoms with Crippen molar-refractivity contribution in [3.05, 3.63) is 125 Å². The molecule has 0 spiro atoms. The molecular formula is C46H49BN5O6. The summed E-state index contributed by atoms with van der Waals surface area (Å²) in [4.78, 5) is 56.3. The van der Waals surface area contributed by atoms with Gasteiger partial charge in [0.25, 0.3) is 11.8 Å². The third-order valence-corrected chi connectivity index (χ3v) is 12.2. The molecular weight excluding hydrogens is 729 g/mol. The summed E-state index contributed by atoms with van der Waals surface area (Å²) >= 11 is 0. The van der Waals surface area contributed by atoms with E-state index in [1.165, 1.54) is 22.4 Å². The van der Waals surface area contributed by atoms with Crippen LogP contribution in [0.15, 0.2) is 97.1 Å². The third kappa shape index (κ3) is 8.17. The van der Waals surface area contributed by atoms with Crippen LogP contribution < -0.4 is 25.1 Å². The van der Waals surface area contributed by atoms with Gasteiger partial charge in [0, 0.05) is 50.0 Å². The van der Waals surface area contributed by atoms with E-state index >= 15 is 0 Å². The minimum atomic E-state index is -0.963. The zero-order valence-corrected chi connectivity index (χ0v) is 32.9. The third-order valence-electron chi connectivity index (χ3n) is 12.2. The second kappa shape index (κ2) is 17.4. The highest BCUT2D eigenvalue weighted by Gasteiger charge is 2.45. The fraction of sp³-hybridized carbons (Fsp3) is 0.348. The zero-order chi connectivity index (χ0) is 40.2. The lowest BCUT2D eigenvalue weighted by Gasteiger charge is -2.37. The molecule has 4 aliphatic heterocycles. The summed E-state index contributed by atoms with van der Waals surface area (Å²) in [6.45, 7) is 6.91. The van der Waals surface area contributed by atoms with Gasteiger partial charge >= 0.3 is 7.69 Å². The molecule has 11 nitrogen and oxygen atoms in total. The molecule has 8 rings (SSSR count). The molecule has 4 aromatic rings. The number of allylic oxidation sites excluding steroid dienone is 1. The van der Waals surface area contributed by atoms with Crippen molar-refractivity contribution < 1.29 is 28.9 Å². The molecule has 4 aliphatic rings. The zero-order valence-electron chi connectivity index (χ0n) is 32.9. The van der Waals surface area contributed by atoms with Gasteiger partial charge in [-0.3, -0.25) is 29.4 Å². The van der Waals surface area contributed by atoms with Crippen LogP contribution in [-0.4, -0.2) is 86.0 Å². The number of benzene rings is 4. The fourth-order valence-corrected chi connectivity index (χ4v) is 9.01. The average molecular weight is 779 g/mol. The van der Waals surface area contributed by atoms with Crippen molar-refractivity contribution in [2.24, 2.45) is 5.92 Å². The lowest BCUT2D eigenvalue weighted by atomic mass is 9.88. The number of imide groups is 2. The molecule has 4 amide bonds. The van der Waals surface area contributed by atoms with Gasteiger partial charge in [-0.1, -0.05) is 61.5 Å². The van der Waals surface area contributed by atoms with E-state index in [0.29, 0.717) is 36.5 Å². The fourth-order valence-electron chi connectivity index (χ4n) is 9.01. The van der Waals surface area contributed by atoms with Gasteiger partial charge in [-0.2, -0.15) is 0 Å². The minimum absolute atomic E-state index is 0.0998. The molecule has 4 heterocycles. The number of rotatable bonds is 12. The normalized spacial score (nSPS) is 19.6. The molecule has 0 saturated carbocycles. The van der Waals surface area contributed by atoms with Crippen LogP contribution in [0.5, 0.6) is 5.75 Å². The van der Waals surface area contributed by atoms with E-state index in [9.17, 15) is 19.2 Å². The maximum Gasteiger partial charge on any atom is 0.569 e. The number of carbonyl (C=O) groups is 4. The first-order valence-corrected chi connectivity index (χ1v) is 20.5. The van der Waals surface area contributed by atoms with Gasteiger partial charge in [0.1, 0.15) is 11.8 Å². The van der Waals surface area contributed by atoms with Gasteiger partial charge < -0.3 is 24.8 Å². The minimum Gasteiger partial charge on any atom is -0.537 e. The number of piperidine rings is 3. The largest absolute Gasteiger partial charge is 0.569 e. The molecule has 3 saturated heterocycles. The van der Waals surface area contributed by atoms with E-state index in [1.807, 2.05) is 36.4 Å². The summed E-state index contributed by atoms with van der Waals surface area (Å²) in [7, 11) is 0.703. The Hall–Kier alpha value is -5.72. The summed E-state index contributed by atoms with van der Waals surface area (Å²) in [5.74, 6) is -0.738. The van der Waals surface area contributed by atoms with E-state index < -0.39 is 23.8 Å². The molecule has 0 aromatic heterocycles. The van der Waals surface area contributed by atoms with Gasteiger partial charge in [-0.25, -0.2) is 0 Å². The summed E-state index contributed by atoms with van der Waals surface area (Å²) < 4.78 is 5.18. The maximum absolute atomic E-state index is 13.3. The van der Waals surface area contributed by atoms with Crippen molar-refractivity contribution in [3.63, 3.8) is 0 Å². The van der Waals surface area contributed by atoms with E-state index in [0.717, 1.165) is 86.5 Å². The summed E-state index contributed by atoms with van der Waals surface area (Å²) in [5.41, 5.74) is 8.68. The number of hydrogen-bond donors (Lipinski definition) is 3. The van der Waals surface area contributed by atoms with Crippen molar-refractivity contribution in [1.82, 2.24) is 15.5 Å². The number of amides is 4. The molecule has 0 aliphatic carbocycles. The highest BCUT2D eigenvalue weighted by Crippen LogP contribution is 2.37. The lowest BCUT2D eigenvalue weighted by molar-refractivity contribution is -0.136. The Kier molecular flexibility index (Phi) is 11.7. The topological polar surface area (TPSA) is 132 Å². The van der Waals surface area contributed by atoms with Crippen LogP contribution in [0.1, 0.15) is 89.3 Å². The molecule has 3 N–H and O–H groups in total. The number of anilines is 2. The Labute approximate surface area is 340 Å². The van der Waals surface area contributed by atoms with Crippen LogP contribution in [0.2, 0.25) is 0 Å². The second-order valence-electron chi connectivity index (χ2n) is 15.6. The second-order valence-corrected chi connectivity index (χ2v) is 15.6. The molecule has 1 unspecified atom stereocenters. The van der Waals surface area contributed by atoms with Crippen molar-refractivity contribution in [2.75, 3.05) is 42.5 Å². The smallest absolute Gasteiger partial charge is 0.537 e. The van der Waals surface area contributed by atoms with Crippen molar-refractivity contribution in [3.8, 4) is 5.75 Å². The Balaban J connectivity index is 0.837. The van der Waals surface area contributed by atoms with Crippen molar-refractivity contribution in [1.29, 1.82) is 0 Å². The van der Waals surface area contributed by atoms with E-state index in [1.54, 1.807) is 12.1 Å². The van der Waals surface area contributed by atoms with E-state index in [-0.39, 0.29) is 18.7 Å². The number of fused-ring (bicyclic) bond motifs is 1. The number of carbonyl (C=O) groups excluding carboxylic acids is 4. The summed E-state index contributed by atoms with van der Waals surface area (Å²) in [6.07, 6.45) is 5.34. The van der Waals surface area contributed by atoms with Crippen LogP contribution in [0.4, 0.5) is 11.4 Å². The van der Waals surface area contributed by atoms with Gasteiger partial charge in [-0.05, 0) is 121 Å². The molecule has 58 heavy (non-hydrogen) atoms. The van der Waals surface area contributed by atoms with Crippen LogP contribution >= 0.6 is 0 Å². The molecule has 1 radical (unpaired) electrons. The van der Waals surface area contributed by atoms with Crippen LogP contribution in [0.25, 0.3) is 11.1 Å². The monoisotopic (exact) mass is 778 g/mol. The van der Waals surface area contributed by atoms with Gasteiger partial charge in [0.2, 0.25) is 11.8 Å². The van der Waals surface area contributed by atoms with Crippen molar-refractivity contribution in [2.45, 2.75) is 64.0 Å². The maximum atomic E-state index is 13.3. The number of nitrogens with zero attached hydrogens (tertiary/aromatic N) is 3. The quantitative estimate of drug-likeness (QED) is 0.0924. The average Bonchev–Trinajstić information content (AvgIpc) is 3.51. The van der Waals surface area contributed by atoms with Crippen LogP contribution in [0.3, 0.4) is 0 Å². The van der Waals surface area contributed by atoms with Crippen LogP contribution in [-0.2, 0) is 9.59 Å². The number of nitrogens with one attached hydrogen (secondary N) is 2. The van der Waals surface area contributed by atoms with Gasteiger partial charge in [-0.15, -0.1) is 0 Å². The Bertz CT molecular complexity index is 2180. The molecule has 4 aromatic carbocycles. The van der Waals surface area contributed by atoms with E-state index in [2.05, 4.69) is 75.9 Å². The molecule has 1 atom stereocenters. The molecule has 0 bridgehead atoms. The SMILES string of the molecule is CC/C(=C(\c1ccc(O[B]O)cc1)c1ccc(N2CCC(CNC3CCN(c4ccc5c(c4)C(=O)N(C4CCC(=O)NC4=O)C5=O)CC3)CC2)cc1)c1ccccc1. The first-order chi connectivity index (χ1) is 28.3. The van der Waals surface area contributed by atoms with E-state index in [4.69, 9.17) is 9.68 Å². The Morgan fingerprint density at radius 2 is 1.36 bits per heavy atom. The predicted octanol–water partition coefficient (Wildman–Crippen LogP) is 5.84. The summed E-state index contributed by atoms with van der Waals surface area (Å²) in [5, 5.41) is 15.2. The lowest BCUT2D eigenvalue weighted by Crippen LogP contribution is -2.54. The standard InChI is InChI=1S/C46H49BN5O6/c1-2-38(31-6-4-3-5-7-31)43(33-10-15-37(16-11-33)58-47-57)32-8-12-35(13-9-32)50-24-20-30(21-25-50)29-48-34-22-26-51(27-23-34)36-14-17-39-40(28-36)46(56)52(45(39)55)41-18-19-42(53)49-44(41)54/h3-17,28,30,34,41,48,57H,2,18-27,29H2,1H3,(H,49,53,54)/b43-38+. The molecule has 12 heteroatoms. The predicted molar refractivity (Wildman–Crippen MR) is 225 cm³/mol. The van der Waals surface area contributed by atoms with Crippen LogP contribution in [0, 0.1) is 5.92 Å². The first kappa shape index (κ1) is 39.1. The van der Waals surface area contributed by atoms with Gasteiger partial charge in [0.05, 0.1) is 11.1 Å². The molecule has 297 valence electrons. The van der Waals surface area contributed by atoms with Gasteiger partial charge in [0.15, 0.2) is 0 Å². The molecule has 3 fully saturated rings. The number of hydrogen-bond acceptors (Lipinski definition) is 9.